The van der Waals surface area contributed by atoms with E-state index in [9.17, 15) is 19.8 Å². The van der Waals surface area contributed by atoms with E-state index in [1.54, 1.807) is 0 Å². The first-order valence-corrected chi connectivity index (χ1v) is 38.2. The number of nitrogens with one attached hydrogen (secondary N) is 1. The van der Waals surface area contributed by atoms with E-state index in [0.29, 0.717) is 25.9 Å². The summed E-state index contributed by atoms with van der Waals surface area (Å²) in [6.45, 7) is 4.95. The van der Waals surface area contributed by atoms with Crippen LogP contribution in [0.15, 0.2) is 36.5 Å². The van der Waals surface area contributed by atoms with Gasteiger partial charge in [0.15, 0.2) is 0 Å². The Morgan fingerprint density at radius 3 is 0.952 bits per heavy atom. The summed E-state index contributed by atoms with van der Waals surface area (Å²) < 4.78 is 5.48. The minimum absolute atomic E-state index is 0.00360. The number of rotatable bonds is 72. The standard InChI is InChI=1S/C78H149NO5/c1-3-5-7-9-11-13-15-17-19-20-21-22-34-37-40-43-46-50-54-58-62-66-70-76(81)75(74-80)79-77(82)71-67-63-59-55-51-47-44-41-38-35-32-30-28-26-24-23-25-27-29-31-33-36-39-42-45-49-53-57-61-65-69-73-84-78(83)72-68-64-60-56-52-48-18-16-14-12-10-8-6-4-2/h10,12,16,18,25,27,75-76,80-81H,3-9,11,13-15,17,19-24,26,28-74H2,1-2H3,(H,79,82)/b12-10-,18-16-,27-25-. The molecule has 0 rings (SSSR count). The van der Waals surface area contributed by atoms with Crippen molar-refractivity contribution in [2.24, 2.45) is 0 Å². The van der Waals surface area contributed by atoms with Crippen molar-refractivity contribution < 1.29 is 24.5 Å². The fourth-order valence-electron chi connectivity index (χ4n) is 12.1. The van der Waals surface area contributed by atoms with Crippen molar-refractivity contribution in [2.45, 2.75) is 437 Å². The highest BCUT2D eigenvalue weighted by atomic mass is 16.5. The van der Waals surface area contributed by atoms with Gasteiger partial charge in [-0.2, -0.15) is 0 Å². The molecule has 0 aliphatic rings. The Labute approximate surface area is 525 Å². The summed E-state index contributed by atoms with van der Waals surface area (Å²) in [6.07, 6.45) is 95.1. The molecule has 496 valence electrons. The molecule has 84 heavy (non-hydrogen) atoms. The molecule has 0 saturated carbocycles. The number of hydrogen-bond acceptors (Lipinski definition) is 5. The first-order valence-electron chi connectivity index (χ1n) is 38.2. The minimum Gasteiger partial charge on any atom is -0.466 e. The van der Waals surface area contributed by atoms with Crippen LogP contribution >= 0.6 is 0 Å². The van der Waals surface area contributed by atoms with E-state index >= 15 is 0 Å². The molecule has 6 heteroatoms. The van der Waals surface area contributed by atoms with Crippen molar-refractivity contribution in [1.29, 1.82) is 0 Å². The van der Waals surface area contributed by atoms with Crippen molar-refractivity contribution in [3.8, 4) is 0 Å². The number of carbonyl (C=O) groups is 2. The first-order chi connectivity index (χ1) is 41.5. The highest BCUT2D eigenvalue weighted by molar-refractivity contribution is 5.76. The second-order valence-electron chi connectivity index (χ2n) is 26.3. The number of hydrogen-bond donors (Lipinski definition) is 3. The van der Waals surface area contributed by atoms with Crippen LogP contribution in [-0.2, 0) is 14.3 Å². The molecule has 2 unspecified atom stereocenters. The maximum Gasteiger partial charge on any atom is 0.305 e. The number of carbonyl (C=O) groups excluding carboxylic acids is 2. The maximum absolute atomic E-state index is 12.6. The lowest BCUT2D eigenvalue weighted by Gasteiger charge is -2.22. The van der Waals surface area contributed by atoms with Crippen molar-refractivity contribution in [3.05, 3.63) is 36.5 Å². The van der Waals surface area contributed by atoms with Crippen LogP contribution in [0.25, 0.3) is 0 Å². The van der Waals surface area contributed by atoms with E-state index in [4.69, 9.17) is 4.74 Å². The van der Waals surface area contributed by atoms with Gasteiger partial charge in [0.05, 0.1) is 25.4 Å². The molecule has 6 nitrogen and oxygen atoms in total. The van der Waals surface area contributed by atoms with Crippen molar-refractivity contribution in [2.75, 3.05) is 13.2 Å². The Bertz CT molecular complexity index is 1360. The Balaban J connectivity index is 3.37. The molecule has 0 aromatic rings. The summed E-state index contributed by atoms with van der Waals surface area (Å²) in [5.74, 6) is -0.0245. The van der Waals surface area contributed by atoms with E-state index in [0.717, 1.165) is 51.4 Å². The van der Waals surface area contributed by atoms with E-state index in [1.165, 1.54) is 340 Å². The molecule has 0 radical (unpaired) electrons. The number of esters is 1. The van der Waals surface area contributed by atoms with Gasteiger partial charge in [0, 0.05) is 12.8 Å². The van der Waals surface area contributed by atoms with E-state index in [1.807, 2.05) is 0 Å². The van der Waals surface area contributed by atoms with Crippen LogP contribution in [0.4, 0.5) is 0 Å². The highest BCUT2D eigenvalue weighted by Crippen LogP contribution is 2.19. The molecule has 0 heterocycles. The van der Waals surface area contributed by atoms with Gasteiger partial charge in [-0.3, -0.25) is 9.59 Å². The highest BCUT2D eigenvalue weighted by Gasteiger charge is 2.20. The SMILES string of the molecule is CCCC/C=C\C/C=C\CCCCCCCC(=O)OCCCCCCCCCCCCCC/C=C\CCCCCCCCCCCCCCCCCC(=O)NC(CO)C(O)CCCCCCCCCCCCCCCCCCCCCCCC. The zero-order chi connectivity index (χ0) is 60.6. The van der Waals surface area contributed by atoms with Crippen molar-refractivity contribution in [3.63, 3.8) is 0 Å². The molecule has 0 bridgehead atoms. The zero-order valence-electron chi connectivity index (χ0n) is 56.9. The summed E-state index contributed by atoms with van der Waals surface area (Å²) in [4.78, 5) is 24.6. The second kappa shape index (κ2) is 73.5. The number of amides is 1. The van der Waals surface area contributed by atoms with Crippen LogP contribution in [0, 0.1) is 0 Å². The average molecular weight is 1180 g/mol. The Morgan fingerprint density at radius 1 is 0.333 bits per heavy atom. The molecule has 2 atom stereocenters. The smallest absolute Gasteiger partial charge is 0.305 e. The van der Waals surface area contributed by atoms with Gasteiger partial charge in [-0.25, -0.2) is 0 Å². The van der Waals surface area contributed by atoms with Crippen LogP contribution < -0.4 is 5.32 Å². The monoisotopic (exact) mass is 1180 g/mol. The minimum atomic E-state index is -0.664. The lowest BCUT2D eigenvalue weighted by molar-refractivity contribution is -0.143. The van der Waals surface area contributed by atoms with Gasteiger partial charge >= 0.3 is 5.97 Å². The molecular weight excluding hydrogens is 1030 g/mol. The Kier molecular flexibility index (Phi) is 71.9. The third-order valence-electron chi connectivity index (χ3n) is 17.9. The van der Waals surface area contributed by atoms with Crippen molar-refractivity contribution in [1.82, 2.24) is 5.32 Å². The number of unbranched alkanes of at least 4 members (excludes halogenated alkanes) is 55. The van der Waals surface area contributed by atoms with Gasteiger partial charge in [-0.05, 0) is 77.0 Å². The fourth-order valence-corrected chi connectivity index (χ4v) is 12.1. The largest absolute Gasteiger partial charge is 0.466 e. The molecule has 0 aromatic heterocycles. The van der Waals surface area contributed by atoms with Crippen LogP contribution in [0.5, 0.6) is 0 Å². The van der Waals surface area contributed by atoms with Gasteiger partial charge in [0.25, 0.3) is 0 Å². The van der Waals surface area contributed by atoms with Crippen LogP contribution in [0.1, 0.15) is 425 Å². The number of allylic oxidation sites excluding steroid dienone is 6. The first kappa shape index (κ1) is 82.1. The normalized spacial score (nSPS) is 12.7. The molecule has 3 N–H and O–H groups in total. The number of aliphatic hydroxyl groups excluding tert-OH is 2. The molecule has 0 aliphatic carbocycles. The Morgan fingerprint density at radius 2 is 0.607 bits per heavy atom. The molecule has 0 spiro atoms. The van der Waals surface area contributed by atoms with Crippen LogP contribution in [0.3, 0.4) is 0 Å². The maximum atomic E-state index is 12.6. The summed E-state index contributed by atoms with van der Waals surface area (Å²) in [7, 11) is 0. The predicted octanol–water partition coefficient (Wildman–Crippen LogP) is 25.0. The van der Waals surface area contributed by atoms with E-state index in [2.05, 4.69) is 55.6 Å². The van der Waals surface area contributed by atoms with Gasteiger partial charge in [-0.15, -0.1) is 0 Å². The molecule has 0 saturated heterocycles. The summed E-state index contributed by atoms with van der Waals surface area (Å²) in [5.41, 5.74) is 0. The summed E-state index contributed by atoms with van der Waals surface area (Å²) in [6, 6.07) is -0.541. The van der Waals surface area contributed by atoms with Gasteiger partial charge in [0.2, 0.25) is 5.91 Å². The fraction of sp³-hybridized carbons (Fsp3) is 0.897. The lowest BCUT2D eigenvalue weighted by atomic mass is 10.0. The zero-order valence-corrected chi connectivity index (χ0v) is 56.9. The summed E-state index contributed by atoms with van der Waals surface area (Å²) in [5, 5.41) is 23.5. The van der Waals surface area contributed by atoms with Gasteiger partial charge < -0.3 is 20.3 Å². The second-order valence-corrected chi connectivity index (χ2v) is 26.3. The third-order valence-corrected chi connectivity index (χ3v) is 17.9. The lowest BCUT2D eigenvalue weighted by Crippen LogP contribution is -2.45. The Hall–Kier alpha value is -1.92. The third kappa shape index (κ3) is 69.2. The predicted molar refractivity (Wildman–Crippen MR) is 370 cm³/mol. The number of aliphatic hydroxyl groups is 2. The van der Waals surface area contributed by atoms with Gasteiger partial charge in [0.1, 0.15) is 0 Å². The number of ether oxygens (including phenoxy) is 1. The molecule has 1 amide bonds. The molecule has 0 fully saturated rings. The molecule has 0 aliphatic heterocycles. The van der Waals surface area contributed by atoms with Gasteiger partial charge in [-0.1, -0.05) is 371 Å². The average Bonchev–Trinajstić information content (AvgIpc) is 3.51. The molecule has 0 aromatic carbocycles. The van der Waals surface area contributed by atoms with E-state index < -0.39 is 12.1 Å². The molecular formula is C78H149NO5. The quantitative estimate of drug-likeness (QED) is 0.0320. The summed E-state index contributed by atoms with van der Waals surface area (Å²) >= 11 is 0. The topological polar surface area (TPSA) is 95.9 Å². The van der Waals surface area contributed by atoms with Crippen LogP contribution in [0.2, 0.25) is 0 Å². The van der Waals surface area contributed by atoms with Crippen LogP contribution in [-0.4, -0.2) is 47.4 Å². The van der Waals surface area contributed by atoms with Crippen molar-refractivity contribution >= 4 is 11.9 Å². The van der Waals surface area contributed by atoms with E-state index in [-0.39, 0.29) is 18.5 Å².